The number of rotatable bonds is 8. The molecule has 0 heterocycles. The first-order valence-corrected chi connectivity index (χ1v) is 8.32. The number of carboxylic acids is 1. The number of aliphatic hydroxyl groups excluding tert-OH is 2. The lowest BCUT2D eigenvalue weighted by atomic mass is 9.99. The van der Waals surface area contributed by atoms with Crippen LogP contribution in [0, 0.1) is 11.6 Å². The van der Waals surface area contributed by atoms with Gasteiger partial charge in [0.2, 0.25) is 0 Å². The molecule has 9 heteroatoms. The van der Waals surface area contributed by atoms with Gasteiger partial charge in [0.05, 0.1) is 17.2 Å². The van der Waals surface area contributed by atoms with Crippen LogP contribution in [0.15, 0.2) is 42.5 Å². The van der Waals surface area contributed by atoms with Crippen LogP contribution in [0.1, 0.15) is 34.0 Å². The van der Waals surface area contributed by atoms with Crippen LogP contribution in [0.2, 0.25) is 0 Å². The number of halogens is 2. The number of ether oxygens (including phenoxy) is 1. The summed E-state index contributed by atoms with van der Waals surface area (Å²) in [6.07, 6.45) is -4.52. The van der Waals surface area contributed by atoms with Gasteiger partial charge in [0.1, 0.15) is 24.3 Å². The molecule has 0 aliphatic heterocycles. The van der Waals surface area contributed by atoms with E-state index in [1.165, 1.54) is 0 Å². The van der Waals surface area contributed by atoms with Crippen molar-refractivity contribution in [1.29, 1.82) is 0 Å². The van der Waals surface area contributed by atoms with Crippen molar-refractivity contribution >= 4 is 12.1 Å². The number of carbonyl (C=O) groups is 2. The summed E-state index contributed by atoms with van der Waals surface area (Å²) in [6, 6.07) is 10.0. The second-order valence-electron chi connectivity index (χ2n) is 5.95. The van der Waals surface area contributed by atoms with E-state index in [0.29, 0.717) is 12.1 Å². The topological polar surface area (TPSA) is 116 Å². The van der Waals surface area contributed by atoms with Gasteiger partial charge in [-0.3, -0.25) is 0 Å². The second-order valence-corrected chi connectivity index (χ2v) is 5.95. The molecule has 0 saturated heterocycles. The highest BCUT2D eigenvalue weighted by Crippen LogP contribution is 2.26. The van der Waals surface area contributed by atoms with Crippen molar-refractivity contribution in [3.05, 3.63) is 70.8 Å². The molecule has 2 aromatic rings. The molecule has 0 aliphatic rings. The number of carbonyl (C=O) groups excluding carboxylic acids is 1. The predicted octanol–water partition coefficient (Wildman–Crippen LogP) is 2.37. The molecule has 0 bridgehead atoms. The first kappa shape index (κ1) is 21.3. The smallest absolute Gasteiger partial charge is 0.407 e. The number of aliphatic hydroxyl groups is 2. The standard InChI is InChI=1S/C19H19F2NO6/c20-13-8-12(18(25)26)9-14(21)16(13)17(24)15(23)6-7-22-19(27)28-10-11-4-2-1-3-5-11/h1-5,8-9,15,17,23-24H,6-7,10H2,(H,22,27)(H,25,26). The highest BCUT2D eigenvalue weighted by atomic mass is 19.1. The summed E-state index contributed by atoms with van der Waals surface area (Å²) >= 11 is 0. The molecule has 150 valence electrons. The molecule has 7 nitrogen and oxygen atoms in total. The summed E-state index contributed by atoms with van der Waals surface area (Å²) in [5.41, 5.74) is -0.684. The number of amides is 1. The molecule has 2 rings (SSSR count). The van der Waals surface area contributed by atoms with Crippen molar-refractivity contribution in [2.24, 2.45) is 0 Å². The quantitative estimate of drug-likeness (QED) is 0.545. The second kappa shape index (κ2) is 9.77. The van der Waals surface area contributed by atoms with Crippen LogP contribution in [-0.2, 0) is 11.3 Å². The summed E-state index contributed by atoms with van der Waals surface area (Å²) in [5.74, 6) is -4.11. The Morgan fingerprint density at radius 2 is 1.68 bits per heavy atom. The maximum Gasteiger partial charge on any atom is 0.407 e. The van der Waals surface area contributed by atoms with E-state index in [9.17, 15) is 28.6 Å². The Labute approximate surface area is 159 Å². The summed E-state index contributed by atoms with van der Waals surface area (Å²) in [7, 11) is 0. The van der Waals surface area contributed by atoms with Crippen LogP contribution in [-0.4, -0.2) is 40.0 Å². The van der Waals surface area contributed by atoms with Gasteiger partial charge in [0, 0.05) is 6.54 Å². The molecule has 0 fully saturated rings. The Balaban J connectivity index is 1.85. The fraction of sp³-hybridized carbons (Fsp3) is 0.263. The third-order valence-electron chi connectivity index (χ3n) is 3.91. The van der Waals surface area contributed by atoms with E-state index >= 15 is 0 Å². The lowest BCUT2D eigenvalue weighted by Gasteiger charge is -2.19. The average Bonchev–Trinajstić information content (AvgIpc) is 2.66. The molecular weight excluding hydrogens is 376 g/mol. The molecule has 0 aliphatic carbocycles. The minimum atomic E-state index is -1.94. The third-order valence-corrected chi connectivity index (χ3v) is 3.91. The van der Waals surface area contributed by atoms with Gasteiger partial charge in [0.25, 0.3) is 0 Å². The van der Waals surface area contributed by atoms with E-state index < -0.39 is 47.0 Å². The van der Waals surface area contributed by atoms with E-state index in [2.05, 4.69) is 5.32 Å². The number of carboxylic acid groups (broad SMARTS) is 1. The minimum absolute atomic E-state index is 0.0458. The largest absolute Gasteiger partial charge is 0.478 e. The van der Waals surface area contributed by atoms with Gasteiger partial charge in [0.15, 0.2) is 0 Å². The Kier molecular flexibility index (Phi) is 7.42. The monoisotopic (exact) mass is 395 g/mol. The molecule has 0 saturated carbocycles. The minimum Gasteiger partial charge on any atom is -0.478 e. The van der Waals surface area contributed by atoms with Crippen molar-refractivity contribution in [3.8, 4) is 0 Å². The maximum absolute atomic E-state index is 13.9. The van der Waals surface area contributed by atoms with E-state index in [1.807, 2.05) is 6.07 Å². The number of aromatic carboxylic acids is 1. The first-order valence-electron chi connectivity index (χ1n) is 8.32. The average molecular weight is 395 g/mol. The lowest BCUT2D eigenvalue weighted by molar-refractivity contribution is 0.00940. The summed E-state index contributed by atoms with van der Waals surface area (Å²) in [5, 5.41) is 31.0. The van der Waals surface area contributed by atoms with Crippen molar-refractivity contribution < 1.29 is 38.4 Å². The zero-order valence-electron chi connectivity index (χ0n) is 14.6. The van der Waals surface area contributed by atoms with E-state index in [4.69, 9.17) is 9.84 Å². The van der Waals surface area contributed by atoms with Crippen molar-refractivity contribution in [3.63, 3.8) is 0 Å². The highest BCUT2D eigenvalue weighted by molar-refractivity contribution is 5.87. The Morgan fingerprint density at radius 3 is 2.25 bits per heavy atom. The lowest BCUT2D eigenvalue weighted by Crippen LogP contribution is -2.30. The molecule has 2 atom stereocenters. The molecule has 2 aromatic carbocycles. The third kappa shape index (κ3) is 5.73. The van der Waals surface area contributed by atoms with E-state index in [-0.39, 0.29) is 19.6 Å². The maximum atomic E-state index is 13.9. The van der Waals surface area contributed by atoms with Gasteiger partial charge < -0.3 is 25.4 Å². The van der Waals surface area contributed by atoms with Crippen LogP contribution in [0.4, 0.5) is 13.6 Å². The van der Waals surface area contributed by atoms with Crippen molar-refractivity contribution in [2.75, 3.05) is 6.54 Å². The van der Waals surface area contributed by atoms with Crippen LogP contribution in [0.3, 0.4) is 0 Å². The number of hydrogen-bond donors (Lipinski definition) is 4. The number of benzene rings is 2. The fourth-order valence-corrected chi connectivity index (χ4v) is 2.44. The molecule has 0 spiro atoms. The van der Waals surface area contributed by atoms with Crippen LogP contribution >= 0.6 is 0 Å². The van der Waals surface area contributed by atoms with Gasteiger partial charge in [-0.05, 0) is 24.1 Å². The summed E-state index contributed by atoms with van der Waals surface area (Å²) in [4.78, 5) is 22.4. The SMILES string of the molecule is O=C(NCCC(O)C(O)c1c(F)cc(C(=O)O)cc1F)OCc1ccccc1. The van der Waals surface area contributed by atoms with Crippen LogP contribution in [0.25, 0.3) is 0 Å². The molecule has 0 radical (unpaired) electrons. The van der Waals surface area contributed by atoms with Crippen molar-refractivity contribution in [1.82, 2.24) is 5.32 Å². The molecule has 0 aromatic heterocycles. The summed E-state index contributed by atoms with van der Waals surface area (Å²) in [6.45, 7) is -0.0769. The van der Waals surface area contributed by atoms with Crippen molar-refractivity contribution in [2.45, 2.75) is 25.2 Å². The Morgan fingerprint density at radius 1 is 1.07 bits per heavy atom. The highest BCUT2D eigenvalue weighted by Gasteiger charge is 2.26. The van der Waals surface area contributed by atoms with Crippen LogP contribution < -0.4 is 5.32 Å². The fourth-order valence-electron chi connectivity index (χ4n) is 2.44. The van der Waals surface area contributed by atoms with Gasteiger partial charge in [-0.1, -0.05) is 30.3 Å². The number of hydrogen-bond acceptors (Lipinski definition) is 5. The Hall–Kier alpha value is -3.04. The van der Waals surface area contributed by atoms with Gasteiger partial charge >= 0.3 is 12.1 Å². The normalized spacial score (nSPS) is 12.9. The van der Waals surface area contributed by atoms with Gasteiger partial charge in [-0.25, -0.2) is 18.4 Å². The number of alkyl carbamates (subject to hydrolysis) is 1. The number of nitrogens with one attached hydrogen (secondary N) is 1. The zero-order chi connectivity index (χ0) is 20.7. The predicted molar refractivity (Wildman–Crippen MR) is 93.5 cm³/mol. The van der Waals surface area contributed by atoms with E-state index in [1.54, 1.807) is 24.3 Å². The zero-order valence-corrected chi connectivity index (χ0v) is 14.6. The Bertz CT molecular complexity index is 807. The van der Waals surface area contributed by atoms with Gasteiger partial charge in [-0.15, -0.1) is 0 Å². The van der Waals surface area contributed by atoms with Crippen LogP contribution in [0.5, 0.6) is 0 Å². The molecule has 4 N–H and O–H groups in total. The molecular formula is C19H19F2NO6. The molecule has 28 heavy (non-hydrogen) atoms. The van der Waals surface area contributed by atoms with E-state index in [0.717, 1.165) is 5.56 Å². The molecule has 2 unspecified atom stereocenters. The summed E-state index contributed by atoms with van der Waals surface area (Å²) < 4.78 is 32.8. The first-order chi connectivity index (χ1) is 13.3. The molecule has 1 amide bonds. The van der Waals surface area contributed by atoms with Gasteiger partial charge in [-0.2, -0.15) is 0 Å².